The Balaban J connectivity index is 2.02. The van der Waals surface area contributed by atoms with E-state index in [0.29, 0.717) is 5.92 Å². The van der Waals surface area contributed by atoms with E-state index >= 15 is 0 Å². The molecule has 94 valence electrons. The summed E-state index contributed by atoms with van der Waals surface area (Å²) in [6, 6.07) is 8.00. The standard InChI is InChI=1S/C15H17NO2/c1-18-15(10-6-7-10)14(17)13-9-16-8-11-4-2-3-5-12(11)13/h2-5,8-10,14-15,17H,6-7H2,1H3. The summed E-state index contributed by atoms with van der Waals surface area (Å²) < 4.78 is 5.46. The van der Waals surface area contributed by atoms with Gasteiger partial charge in [0.15, 0.2) is 0 Å². The van der Waals surface area contributed by atoms with Crippen molar-refractivity contribution in [1.82, 2.24) is 4.98 Å². The molecule has 2 aromatic rings. The van der Waals surface area contributed by atoms with Crippen LogP contribution in [-0.2, 0) is 4.74 Å². The van der Waals surface area contributed by atoms with Crippen molar-refractivity contribution < 1.29 is 9.84 Å². The van der Waals surface area contributed by atoms with E-state index in [-0.39, 0.29) is 6.10 Å². The lowest BCUT2D eigenvalue weighted by molar-refractivity contribution is -0.0253. The first kappa shape index (κ1) is 11.6. The van der Waals surface area contributed by atoms with Gasteiger partial charge < -0.3 is 9.84 Å². The van der Waals surface area contributed by atoms with E-state index in [0.717, 1.165) is 29.2 Å². The molecule has 1 heterocycles. The second-order valence-electron chi connectivity index (χ2n) is 4.93. The topological polar surface area (TPSA) is 42.4 Å². The zero-order chi connectivity index (χ0) is 12.5. The monoisotopic (exact) mass is 243 g/mol. The van der Waals surface area contributed by atoms with Crippen LogP contribution in [0.1, 0.15) is 24.5 Å². The maximum absolute atomic E-state index is 10.5. The summed E-state index contributed by atoms with van der Waals surface area (Å²) >= 11 is 0. The Morgan fingerprint density at radius 1 is 1.28 bits per heavy atom. The molecule has 1 fully saturated rings. The van der Waals surface area contributed by atoms with Gasteiger partial charge in [-0.25, -0.2) is 0 Å². The van der Waals surface area contributed by atoms with Gasteiger partial charge in [-0.2, -0.15) is 0 Å². The van der Waals surface area contributed by atoms with Crippen molar-refractivity contribution in [2.45, 2.75) is 25.0 Å². The molecule has 1 saturated carbocycles. The largest absolute Gasteiger partial charge is 0.386 e. The molecule has 3 nitrogen and oxygen atoms in total. The average molecular weight is 243 g/mol. The van der Waals surface area contributed by atoms with E-state index in [1.807, 2.05) is 30.5 Å². The number of ether oxygens (including phenoxy) is 1. The lowest BCUT2D eigenvalue weighted by Crippen LogP contribution is -2.23. The molecule has 1 aliphatic rings. The molecule has 2 unspecified atom stereocenters. The number of hydrogen-bond acceptors (Lipinski definition) is 3. The van der Waals surface area contributed by atoms with Crippen molar-refractivity contribution in [3.63, 3.8) is 0 Å². The molecule has 1 aromatic heterocycles. The van der Waals surface area contributed by atoms with E-state index in [9.17, 15) is 5.11 Å². The van der Waals surface area contributed by atoms with Crippen molar-refractivity contribution in [3.8, 4) is 0 Å². The highest BCUT2D eigenvalue weighted by Gasteiger charge is 2.37. The van der Waals surface area contributed by atoms with E-state index in [4.69, 9.17) is 4.74 Å². The normalized spacial score (nSPS) is 18.8. The Morgan fingerprint density at radius 2 is 2.06 bits per heavy atom. The van der Waals surface area contributed by atoms with Crippen molar-refractivity contribution >= 4 is 10.8 Å². The number of pyridine rings is 1. The van der Waals surface area contributed by atoms with Crippen LogP contribution >= 0.6 is 0 Å². The predicted octanol–water partition coefficient (Wildman–Crippen LogP) is 2.69. The molecule has 1 aromatic carbocycles. The van der Waals surface area contributed by atoms with Gasteiger partial charge in [-0.3, -0.25) is 4.98 Å². The third kappa shape index (κ3) is 2.00. The lowest BCUT2D eigenvalue weighted by atomic mass is 9.97. The number of methoxy groups -OCH3 is 1. The van der Waals surface area contributed by atoms with Gasteiger partial charge in [0.05, 0.1) is 6.10 Å². The van der Waals surface area contributed by atoms with Crippen molar-refractivity contribution in [3.05, 3.63) is 42.2 Å². The van der Waals surface area contributed by atoms with Crippen LogP contribution in [0.5, 0.6) is 0 Å². The maximum Gasteiger partial charge on any atom is 0.107 e. The summed E-state index contributed by atoms with van der Waals surface area (Å²) in [5, 5.41) is 12.6. The first-order valence-electron chi connectivity index (χ1n) is 6.35. The molecular formula is C15H17NO2. The Labute approximate surface area is 106 Å². The van der Waals surface area contributed by atoms with Crippen LogP contribution < -0.4 is 0 Å². The van der Waals surface area contributed by atoms with Crippen molar-refractivity contribution in [2.75, 3.05) is 7.11 Å². The quantitative estimate of drug-likeness (QED) is 0.897. The number of fused-ring (bicyclic) bond motifs is 1. The predicted molar refractivity (Wildman–Crippen MR) is 70.2 cm³/mol. The summed E-state index contributed by atoms with van der Waals surface area (Å²) in [6.45, 7) is 0. The Hall–Kier alpha value is -1.45. The molecule has 0 spiro atoms. The smallest absolute Gasteiger partial charge is 0.107 e. The minimum atomic E-state index is -0.596. The fourth-order valence-corrected chi connectivity index (χ4v) is 2.56. The van der Waals surface area contributed by atoms with Gasteiger partial charge in [0.1, 0.15) is 6.10 Å². The molecule has 0 aliphatic heterocycles. The van der Waals surface area contributed by atoms with Crippen LogP contribution in [0.25, 0.3) is 10.8 Å². The zero-order valence-electron chi connectivity index (χ0n) is 10.4. The summed E-state index contributed by atoms with van der Waals surface area (Å²) in [6.07, 6.45) is 5.16. The number of nitrogens with zero attached hydrogens (tertiary/aromatic N) is 1. The van der Waals surface area contributed by atoms with Gasteiger partial charge in [-0.15, -0.1) is 0 Å². The molecule has 0 saturated heterocycles. The summed E-state index contributed by atoms with van der Waals surface area (Å²) in [5.41, 5.74) is 0.867. The molecule has 0 amide bonds. The maximum atomic E-state index is 10.5. The lowest BCUT2D eigenvalue weighted by Gasteiger charge is -2.22. The van der Waals surface area contributed by atoms with Gasteiger partial charge in [-0.05, 0) is 24.1 Å². The summed E-state index contributed by atoms with van der Waals surface area (Å²) in [5.74, 6) is 0.490. The van der Waals surface area contributed by atoms with Crippen LogP contribution in [0.15, 0.2) is 36.7 Å². The van der Waals surface area contributed by atoms with Crippen LogP contribution in [0, 0.1) is 5.92 Å². The van der Waals surface area contributed by atoms with E-state index < -0.39 is 6.10 Å². The molecular weight excluding hydrogens is 226 g/mol. The van der Waals surface area contributed by atoms with Gasteiger partial charge >= 0.3 is 0 Å². The van der Waals surface area contributed by atoms with Crippen LogP contribution in [0.2, 0.25) is 0 Å². The third-order valence-corrected chi connectivity index (χ3v) is 3.69. The number of aliphatic hydroxyl groups is 1. The molecule has 1 aliphatic carbocycles. The van der Waals surface area contributed by atoms with Crippen LogP contribution in [0.3, 0.4) is 0 Å². The van der Waals surface area contributed by atoms with E-state index in [1.165, 1.54) is 0 Å². The second-order valence-corrected chi connectivity index (χ2v) is 4.93. The molecule has 2 atom stereocenters. The van der Waals surface area contributed by atoms with Crippen molar-refractivity contribution in [2.24, 2.45) is 5.92 Å². The molecule has 0 bridgehead atoms. The zero-order valence-corrected chi connectivity index (χ0v) is 10.4. The molecule has 3 rings (SSSR count). The SMILES string of the molecule is COC(C1CC1)C(O)c1cncc2ccccc12. The number of aliphatic hydroxyl groups excluding tert-OH is 1. The van der Waals surface area contributed by atoms with Crippen LogP contribution in [-0.4, -0.2) is 23.3 Å². The molecule has 3 heteroatoms. The molecule has 1 N–H and O–H groups in total. The highest BCUT2D eigenvalue weighted by molar-refractivity contribution is 5.84. The Morgan fingerprint density at radius 3 is 2.78 bits per heavy atom. The van der Waals surface area contributed by atoms with E-state index in [1.54, 1.807) is 13.3 Å². The van der Waals surface area contributed by atoms with Gasteiger partial charge in [0.2, 0.25) is 0 Å². The third-order valence-electron chi connectivity index (χ3n) is 3.69. The fourth-order valence-electron chi connectivity index (χ4n) is 2.56. The van der Waals surface area contributed by atoms with Crippen LogP contribution in [0.4, 0.5) is 0 Å². The first-order chi connectivity index (χ1) is 8.81. The Bertz CT molecular complexity index is 546. The van der Waals surface area contributed by atoms with Gasteiger partial charge in [0.25, 0.3) is 0 Å². The minimum Gasteiger partial charge on any atom is -0.386 e. The first-order valence-corrected chi connectivity index (χ1v) is 6.35. The molecule has 0 radical (unpaired) electrons. The van der Waals surface area contributed by atoms with Crippen molar-refractivity contribution in [1.29, 1.82) is 0 Å². The number of benzene rings is 1. The minimum absolute atomic E-state index is 0.113. The second kappa shape index (κ2) is 4.67. The number of rotatable bonds is 4. The highest BCUT2D eigenvalue weighted by Crippen LogP contribution is 2.40. The summed E-state index contributed by atoms with van der Waals surface area (Å²) in [7, 11) is 1.67. The summed E-state index contributed by atoms with van der Waals surface area (Å²) in [4.78, 5) is 4.21. The average Bonchev–Trinajstić information content (AvgIpc) is 3.23. The number of hydrogen-bond donors (Lipinski definition) is 1. The van der Waals surface area contributed by atoms with E-state index in [2.05, 4.69) is 4.98 Å². The number of aromatic nitrogens is 1. The Kier molecular flexibility index (Phi) is 3.02. The highest BCUT2D eigenvalue weighted by atomic mass is 16.5. The fraction of sp³-hybridized carbons (Fsp3) is 0.400. The molecule has 18 heavy (non-hydrogen) atoms. The van der Waals surface area contributed by atoms with Gasteiger partial charge in [-0.1, -0.05) is 24.3 Å². The van der Waals surface area contributed by atoms with Gasteiger partial charge in [0, 0.05) is 30.5 Å².